The van der Waals surface area contributed by atoms with Gasteiger partial charge < -0.3 is 15.4 Å². The Labute approximate surface area is 225 Å². The van der Waals surface area contributed by atoms with E-state index in [2.05, 4.69) is 36.3 Å². The largest absolute Gasteiger partial charge is 0.381 e. The van der Waals surface area contributed by atoms with Gasteiger partial charge >= 0.3 is 0 Å². The Bertz CT molecular complexity index is 862. The van der Waals surface area contributed by atoms with Crippen molar-refractivity contribution in [3.8, 4) is 0 Å². The van der Waals surface area contributed by atoms with Crippen LogP contribution in [0, 0.1) is 17.8 Å². The van der Waals surface area contributed by atoms with Gasteiger partial charge in [0.2, 0.25) is 5.91 Å². The second kappa shape index (κ2) is 14.9. The highest BCUT2D eigenvalue weighted by molar-refractivity contribution is 5.79. The van der Waals surface area contributed by atoms with Gasteiger partial charge in [0.25, 0.3) is 0 Å². The summed E-state index contributed by atoms with van der Waals surface area (Å²) < 4.78 is 6.04. The minimum Gasteiger partial charge on any atom is -0.381 e. The number of rotatable bonds is 17. The highest BCUT2D eigenvalue weighted by atomic mass is 16.5. The Kier molecular flexibility index (Phi) is 11.3. The maximum absolute atomic E-state index is 13.3. The van der Waals surface area contributed by atoms with Crippen molar-refractivity contribution in [1.29, 1.82) is 0 Å². The van der Waals surface area contributed by atoms with Crippen molar-refractivity contribution in [3.63, 3.8) is 0 Å². The third kappa shape index (κ3) is 8.56. The molecule has 1 amide bonds. The zero-order valence-corrected chi connectivity index (χ0v) is 23.4. The molecule has 2 unspecified atom stereocenters. The lowest BCUT2D eigenvalue weighted by atomic mass is 9.77. The number of carbonyl (C=O) groups is 1. The summed E-state index contributed by atoms with van der Waals surface area (Å²) in [5.41, 5.74) is 3.75. The number of nitrogens with zero attached hydrogens (tertiary/aromatic N) is 1. The summed E-state index contributed by atoms with van der Waals surface area (Å²) in [5.74, 6) is 2.92. The summed E-state index contributed by atoms with van der Waals surface area (Å²) in [7, 11) is 0. The second-order valence-electron chi connectivity index (χ2n) is 11.8. The first-order valence-electron chi connectivity index (χ1n) is 15.4. The van der Waals surface area contributed by atoms with E-state index in [9.17, 15) is 4.79 Å². The van der Waals surface area contributed by atoms with E-state index in [4.69, 9.17) is 9.72 Å². The number of ether oxygens (including phenoxy) is 1. The molecule has 4 rings (SSSR count). The highest BCUT2D eigenvalue weighted by Gasteiger charge is 2.29. The molecule has 2 atom stereocenters. The molecular formula is C32H51N3O2. The third-order valence-corrected chi connectivity index (χ3v) is 9.02. The molecular weight excluding hydrogens is 458 g/mol. The van der Waals surface area contributed by atoms with Crippen LogP contribution in [-0.4, -0.2) is 36.7 Å². The summed E-state index contributed by atoms with van der Waals surface area (Å²) in [6.45, 7) is 9.11. The molecule has 1 aromatic heterocycles. The van der Waals surface area contributed by atoms with Crippen molar-refractivity contribution in [3.05, 3.63) is 35.5 Å². The van der Waals surface area contributed by atoms with Gasteiger partial charge in [0.1, 0.15) is 5.82 Å². The Balaban J connectivity index is 1.17. The smallest absolute Gasteiger partial charge is 0.223 e. The number of nitrogens with one attached hydrogen (secondary N) is 2. The van der Waals surface area contributed by atoms with Crippen LogP contribution in [0.5, 0.6) is 0 Å². The SMILES string of the molecule is C=C(C1CCC1)C(CCOCCCCc1ccc2c(n1)NCCC2)NC(=O)C(CCC)CCC1CCC1. The van der Waals surface area contributed by atoms with Gasteiger partial charge in [-0.3, -0.25) is 4.79 Å². The van der Waals surface area contributed by atoms with Gasteiger partial charge in [-0.15, -0.1) is 0 Å². The number of anilines is 1. The molecule has 2 heterocycles. The van der Waals surface area contributed by atoms with Gasteiger partial charge in [-0.05, 0) is 94.1 Å². The van der Waals surface area contributed by atoms with Crippen molar-refractivity contribution in [2.75, 3.05) is 25.1 Å². The van der Waals surface area contributed by atoms with Crippen LogP contribution in [0.15, 0.2) is 24.3 Å². The van der Waals surface area contributed by atoms with E-state index >= 15 is 0 Å². The van der Waals surface area contributed by atoms with E-state index < -0.39 is 0 Å². The molecule has 2 aliphatic carbocycles. The average molecular weight is 510 g/mol. The van der Waals surface area contributed by atoms with E-state index in [1.165, 1.54) is 68.2 Å². The number of hydrogen-bond acceptors (Lipinski definition) is 4. The zero-order chi connectivity index (χ0) is 25.9. The molecule has 0 spiro atoms. The van der Waals surface area contributed by atoms with Gasteiger partial charge in [0.05, 0.1) is 6.04 Å². The number of aromatic nitrogens is 1. The Hall–Kier alpha value is -1.88. The fraction of sp³-hybridized carbons (Fsp3) is 0.750. The van der Waals surface area contributed by atoms with Crippen molar-refractivity contribution in [2.45, 2.75) is 116 Å². The summed E-state index contributed by atoms with van der Waals surface area (Å²) in [6.07, 6.45) is 18.4. The van der Waals surface area contributed by atoms with Gasteiger partial charge in [-0.2, -0.15) is 0 Å². The fourth-order valence-electron chi connectivity index (χ4n) is 6.00. The van der Waals surface area contributed by atoms with Crippen molar-refractivity contribution in [2.24, 2.45) is 17.8 Å². The normalized spacial score (nSPS) is 19.2. The van der Waals surface area contributed by atoms with Crippen molar-refractivity contribution in [1.82, 2.24) is 10.3 Å². The van der Waals surface area contributed by atoms with Crippen LogP contribution in [0.25, 0.3) is 0 Å². The van der Waals surface area contributed by atoms with Crippen LogP contribution in [0.1, 0.15) is 108 Å². The minimum atomic E-state index is 0.0491. The van der Waals surface area contributed by atoms with Crippen LogP contribution in [-0.2, 0) is 22.4 Å². The number of amides is 1. The lowest BCUT2D eigenvalue weighted by Gasteiger charge is -2.34. The van der Waals surface area contributed by atoms with Crippen LogP contribution < -0.4 is 10.6 Å². The Morgan fingerprint density at radius 3 is 2.68 bits per heavy atom. The first-order valence-corrected chi connectivity index (χ1v) is 15.4. The van der Waals surface area contributed by atoms with E-state index in [0.717, 1.165) is 76.3 Å². The van der Waals surface area contributed by atoms with Gasteiger partial charge in [0.15, 0.2) is 0 Å². The number of unbranched alkanes of at least 4 members (excludes halogenated alkanes) is 1. The number of aryl methyl sites for hydroxylation is 2. The summed E-state index contributed by atoms with van der Waals surface area (Å²) in [4.78, 5) is 18.1. The standard InChI is InChI=1S/C32H51N3O2/c1-3-9-28(17-16-25-10-6-11-25)32(36)35-30(24(2)26-12-7-13-26)20-23-37-22-5-4-15-29-19-18-27-14-8-21-33-31(27)34-29/h18-19,25-26,28,30H,2-17,20-23H2,1H3,(H,33,34)(H,35,36). The third-order valence-electron chi connectivity index (χ3n) is 9.02. The Morgan fingerprint density at radius 1 is 1.11 bits per heavy atom. The fourth-order valence-corrected chi connectivity index (χ4v) is 6.00. The van der Waals surface area contributed by atoms with Crippen molar-refractivity contribution >= 4 is 11.7 Å². The molecule has 0 radical (unpaired) electrons. The topological polar surface area (TPSA) is 63.2 Å². The van der Waals surface area contributed by atoms with Gasteiger partial charge in [-0.1, -0.05) is 57.2 Å². The predicted octanol–water partition coefficient (Wildman–Crippen LogP) is 7.01. The number of carbonyl (C=O) groups excluding carboxylic acids is 1. The maximum atomic E-state index is 13.3. The molecule has 2 N–H and O–H groups in total. The lowest BCUT2D eigenvalue weighted by molar-refractivity contribution is -0.126. The van der Waals surface area contributed by atoms with E-state index in [0.29, 0.717) is 12.5 Å². The molecule has 2 fully saturated rings. The summed E-state index contributed by atoms with van der Waals surface area (Å²) >= 11 is 0. The molecule has 37 heavy (non-hydrogen) atoms. The highest BCUT2D eigenvalue weighted by Crippen LogP contribution is 2.35. The van der Waals surface area contributed by atoms with Crippen LogP contribution in [0.3, 0.4) is 0 Å². The van der Waals surface area contributed by atoms with Crippen LogP contribution >= 0.6 is 0 Å². The van der Waals surface area contributed by atoms with Crippen LogP contribution in [0.2, 0.25) is 0 Å². The average Bonchev–Trinajstić information content (AvgIpc) is 2.84. The first kappa shape index (κ1) is 28.1. The first-order chi connectivity index (χ1) is 18.1. The molecule has 3 aliphatic rings. The zero-order valence-electron chi connectivity index (χ0n) is 23.4. The quantitative estimate of drug-likeness (QED) is 0.175. The lowest BCUT2D eigenvalue weighted by Crippen LogP contribution is -2.42. The molecule has 0 aromatic carbocycles. The second-order valence-corrected chi connectivity index (χ2v) is 11.8. The molecule has 5 nitrogen and oxygen atoms in total. The molecule has 0 bridgehead atoms. The molecule has 2 saturated carbocycles. The summed E-state index contributed by atoms with van der Waals surface area (Å²) in [6, 6.07) is 4.47. The number of pyridine rings is 1. The van der Waals surface area contributed by atoms with Gasteiger partial charge in [0, 0.05) is 31.4 Å². The number of hydrogen-bond donors (Lipinski definition) is 2. The molecule has 0 saturated heterocycles. The maximum Gasteiger partial charge on any atom is 0.223 e. The molecule has 1 aromatic rings. The van der Waals surface area contributed by atoms with Gasteiger partial charge in [-0.25, -0.2) is 4.98 Å². The van der Waals surface area contributed by atoms with E-state index in [-0.39, 0.29) is 17.9 Å². The van der Waals surface area contributed by atoms with E-state index in [1.807, 2.05) is 0 Å². The molecule has 1 aliphatic heterocycles. The predicted molar refractivity (Wildman–Crippen MR) is 153 cm³/mol. The monoisotopic (exact) mass is 509 g/mol. The van der Waals surface area contributed by atoms with Crippen LogP contribution in [0.4, 0.5) is 5.82 Å². The van der Waals surface area contributed by atoms with E-state index in [1.54, 1.807) is 0 Å². The van der Waals surface area contributed by atoms with Crippen molar-refractivity contribution < 1.29 is 9.53 Å². The molecule has 5 heteroatoms. The Morgan fingerprint density at radius 2 is 1.95 bits per heavy atom. The molecule has 206 valence electrons. The number of fused-ring (bicyclic) bond motifs is 1. The minimum absolute atomic E-state index is 0.0491. The summed E-state index contributed by atoms with van der Waals surface area (Å²) in [5, 5.41) is 6.85.